The molecule has 1 heterocycles. The topological polar surface area (TPSA) is 51.1 Å². The predicted octanol–water partition coefficient (Wildman–Crippen LogP) is 3.55. The minimum absolute atomic E-state index is 0.346. The Hall–Kier alpha value is -2.70. The van der Waals surface area contributed by atoms with Crippen LogP contribution in [0.4, 0.5) is 5.69 Å². The summed E-state index contributed by atoms with van der Waals surface area (Å²) >= 11 is 5.47. The first kappa shape index (κ1) is 18.7. The van der Waals surface area contributed by atoms with Gasteiger partial charge in [-0.3, -0.25) is 4.68 Å². The van der Waals surface area contributed by atoms with Gasteiger partial charge in [0, 0.05) is 12.2 Å². The molecule has 0 atom stereocenters. The second kappa shape index (κ2) is 8.99. The zero-order valence-electron chi connectivity index (χ0n) is 15.7. The van der Waals surface area contributed by atoms with E-state index >= 15 is 0 Å². The van der Waals surface area contributed by atoms with Crippen LogP contribution in [-0.4, -0.2) is 27.5 Å². The van der Waals surface area contributed by atoms with Gasteiger partial charge in [-0.1, -0.05) is 54.6 Å². The average Bonchev–Trinajstić information content (AvgIpc) is 3.32. The Morgan fingerprint density at radius 3 is 2.54 bits per heavy atom. The van der Waals surface area contributed by atoms with Gasteiger partial charge in [-0.15, -0.1) is 0 Å². The van der Waals surface area contributed by atoms with Crippen LogP contribution < -0.4 is 10.6 Å². The number of fused-ring (bicyclic) bond motifs is 1. The number of benzene rings is 2. The summed E-state index contributed by atoms with van der Waals surface area (Å²) in [5, 5.41) is 11.6. The van der Waals surface area contributed by atoms with Crippen LogP contribution in [0.2, 0.25) is 0 Å². The maximum Gasteiger partial charge on any atom is 0.171 e. The van der Waals surface area contributed by atoms with Gasteiger partial charge in [0.1, 0.15) is 0 Å². The molecule has 0 bridgehead atoms. The molecule has 3 aromatic rings. The maximum absolute atomic E-state index is 5.71. The van der Waals surface area contributed by atoms with E-state index in [1.54, 1.807) is 6.20 Å². The molecule has 28 heavy (non-hydrogen) atoms. The van der Waals surface area contributed by atoms with Crippen molar-refractivity contribution >= 4 is 23.0 Å². The third-order valence-corrected chi connectivity index (χ3v) is 5.07. The van der Waals surface area contributed by atoms with E-state index in [0.717, 1.165) is 18.5 Å². The molecule has 0 saturated carbocycles. The molecule has 1 aliphatic rings. The largest absolute Gasteiger partial charge is 0.375 e. The van der Waals surface area contributed by atoms with E-state index in [1.165, 1.54) is 16.7 Å². The SMILES string of the molecule is S=C(Nc1cnn(CCOCc2ccccc2)c1)NC1Cc2ccccc2C1. The Morgan fingerprint density at radius 2 is 1.79 bits per heavy atom. The predicted molar refractivity (Wildman–Crippen MR) is 115 cm³/mol. The summed E-state index contributed by atoms with van der Waals surface area (Å²) in [5.74, 6) is 0. The molecule has 0 fully saturated rings. The van der Waals surface area contributed by atoms with E-state index < -0.39 is 0 Å². The summed E-state index contributed by atoms with van der Waals surface area (Å²) in [6.45, 7) is 1.93. The normalized spacial score (nSPS) is 13.3. The van der Waals surface area contributed by atoms with E-state index in [2.05, 4.69) is 52.1 Å². The van der Waals surface area contributed by atoms with Crippen LogP contribution in [0.15, 0.2) is 67.0 Å². The lowest BCUT2D eigenvalue weighted by molar-refractivity contribution is 0.111. The molecule has 0 saturated heterocycles. The minimum atomic E-state index is 0.346. The zero-order valence-corrected chi connectivity index (χ0v) is 16.5. The van der Waals surface area contributed by atoms with Crippen LogP contribution >= 0.6 is 12.2 Å². The standard InChI is InChI=1S/C22H24N4OS/c28-22(24-20-12-18-8-4-5-9-19(18)13-20)25-21-14-23-26(15-21)10-11-27-16-17-6-2-1-3-7-17/h1-9,14-15,20H,10-13,16H2,(H2,24,25,28). The van der Waals surface area contributed by atoms with Crippen molar-refractivity contribution in [2.24, 2.45) is 0 Å². The summed E-state index contributed by atoms with van der Waals surface area (Å²) in [7, 11) is 0. The fourth-order valence-electron chi connectivity index (χ4n) is 3.49. The van der Waals surface area contributed by atoms with Crippen LogP contribution in [0, 0.1) is 0 Å². The highest BCUT2D eigenvalue weighted by atomic mass is 32.1. The lowest BCUT2D eigenvalue weighted by atomic mass is 10.1. The lowest BCUT2D eigenvalue weighted by Gasteiger charge is -2.14. The van der Waals surface area contributed by atoms with Crippen LogP contribution in [0.5, 0.6) is 0 Å². The Bertz CT molecular complexity index is 900. The van der Waals surface area contributed by atoms with Gasteiger partial charge in [-0.25, -0.2) is 0 Å². The van der Waals surface area contributed by atoms with Gasteiger partial charge in [0.05, 0.1) is 31.6 Å². The summed E-state index contributed by atoms with van der Waals surface area (Å²) in [6.07, 6.45) is 5.75. The number of ether oxygens (including phenoxy) is 1. The third kappa shape index (κ3) is 4.97. The summed E-state index contributed by atoms with van der Waals surface area (Å²) < 4.78 is 7.58. The van der Waals surface area contributed by atoms with Crippen molar-refractivity contribution in [1.82, 2.24) is 15.1 Å². The number of nitrogens with one attached hydrogen (secondary N) is 2. The van der Waals surface area contributed by atoms with Gasteiger partial charge in [0.15, 0.2) is 5.11 Å². The minimum Gasteiger partial charge on any atom is -0.375 e. The Labute approximate surface area is 170 Å². The first-order chi connectivity index (χ1) is 13.8. The maximum atomic E-state index is 5.71. The Kier molecular flexibility index (Phi) is 5.99. The number of rotatable bonds is 7. The molecule has 2 aromatic carbocycles. The van der Waals surface area contributed by atoms with Crippen molar-refractivity contribution in [2.75, 3.05) is 11.9 Å². The molecule has 4 rings (SSSR count). The number of anilines is 1. The van der Waals surface area contributed by atoms with E-state index in [4.69, 9.17) is 17.0 Å². The molecule has 2 N–H and O–H groups in total. The zero-order chi connectivity index (χ0) is 19.2. The van der Waals surface area contributed by atoms with Gasteiger partial charge in [-0.2, -0.15) is 5.10 Å². The summed E-state index contributed by atoms with van der Waals surface area (Å²) in [6, 6.07) is 19.1. The van der Waals surface area contributed by atoms with Crippen LogP contribution in [0.1, 0.15) is 16.7 Å². The number of nitrogens with zero attached hydrogens (tertiary/aromatic N) is 2. The molecule has 0 spiro atoms. The highest BCUT2D eigenvalue weighted by molar-refractivity contribution is 7.80. The first-order valence-corrected chi connectivity index (χ1v) is 9.95. The lowest BCUT2D eigenvalue weighted by Crippen LogP contribution is -2.38. The molecular formula is C22H24N4OS. The molecule has 6 heteroatoms. The highest BCUT2D eigenvalue weighted by Gasteiger charge is 2.21. The number of aromatic nitrogens is 2. The second-order valence-corrected chi connectivity index (χ2v) is 7.41. The monoisotopic (exact) mass is 392 g/mol. The number of thiocarbonyl (C=S) groups is 1. The molecular weight excluding hydrogens is 368 g/mol. The smallest absolute Gasteiger partial charge is 0.171 e. The van der Waals surface area contributed by atoms with Gasteiger partial charge in [0.2, 0.25) is 0 Å². The summed E-state index contributed by atoms with van der Waals surface area (Å²) in [4.78, 5) is 0. The van der Waals surface area contributed by atoms with E-state index in [1.807, 2.05) is 29.1 Å². The third-order valence-electron chi connectivity index (χ3n) is 4.85. The molecule has 0 radical (unpaired) electrons. The fourth-order valence-corrected chi connectivity index (χ4v) is 3.77. The van der Waals surface area contributed by atoms with Gasteiger partial charge in [-0.05, 0) is 41.7 Å². The molecule has 1 aromatic heterocycles. The van der Waals surface area contributed by atoms with Gasteiger partial charge in [0.25, 0.3) is 0 Å². The highest BCUT2D eigenvalue weighted by Crippen LogP contribution is 2.21. The van der Waals surface area contributed by atoms with Gasteiger partial charge < -0.3 is 15.4 Å². The Morgan fingerprint density at radius 1 is 1.07 bits per heavy atom. The van der Waals surface area contributed by atoms with Crippen molar-refractivity contribution in [3.8, 4) is 0 Å². The fraction of sp³-hybridized carbons (Fsp3) is 0.273. The molecule has 0 aliphatic heterocycles. The average molecular weight is 393 g/mol. The van der Waals surface area contributed by atoms with Crippen LogP contribution in [-0.2, 0) is 30.7 Å². The van der Waals surface area contributed by atoms with Gasteiger partial charge >= 0.3 is 0 Å². The van der Waals surface area contributed by atoms with Crippen molar-refractivity contribution in [3.05, 3.63) is 83.7 Å². The first-order valence-electron chi connectivity index (χ1n) is 9.55. The van der Waals surface area contributed by atoms with Crippen molar-refractivity contribution in [2.45, 2.75) is 32.0 Å². The number of hydrogen-bond donors (Lipinski definition) is 2. The molecule has 0 amide bonds. The molecule has 0 unspecified atom stereocenters. The van der Waals surface area contributed by atoms with E-state index in [9.17, 15) is 0 Å². The summed E-state index contributed by atoms with van der Waals surface area (Å²) in [5.41, 5.74) is 4.88. The van der Waals surface area contributed by atoms with E-state index in [-0.39, 0.29) is 0 Å². The van der Waals surface area contributed by atoms with Crippen molar-refractivity contribution in [1.29, 1.82) is 0 Å². The number of hydrogen-bond acceptors (Lipinski definition) is 3. The second-order valence-electron chi connectivity index (χ2n) is 7.00. The van der Waals surface area contributed by atoms with E-state index in [0.29, 0.717) is 30.9 Å². The molecule has 5 nitrogen and oxygen atoms in total. The van der Waals surface area contributed by atoms with Crippen molar-refractivity contribution < 1.29 is 4.74 Å². The quantitative estimate of drug-likeness (QED) is 0.476. The van der Waals surface area contributed by atoms with Crippen LogP contribution in [0.3, 0.4) is 0 Å². The Balaban J connectivity index is 1.19. The van der Waals surface area contributed by atoms with Crippen molar-refractivity contribution in [3.63, 3.8) is 0 Å². The molecule has 1 aliphatic carbocycles. The molecule has 144 valence electrons. The van der Waals surface area contributed by atoms with Crippen LogP contribution in [0.25, 0.3) is 0 Å².